The van der Waals surface area contributed by atoms with Crippen LogP contribution in [0.2, 0.25) is 5.02 Å². The number of carbonyl (C=O) groups excluding carboxylic acids is 2. The lowest BCUT2D eigenvalue weighted by molar-refractivity contribution is -0.124. The Morgan fingerprint density at radius 3 is 2.28 bits per heavy atom. The SMILES string of the molecule is COc1cc(Cl)c(NC(=O)CC(C)=O)cc1OC. The number of benzene rings is 1. The molecule has 5 nitrogen and oxygen atoms in total. The Balaban J connectivity index is 2.95. The number of rotatable bonds is 5. The van der Waals surface area contributed by atoms with Crippen LogP contribution in [0.25, 0.3) is 0 Å². The number of amides is 1. The number of nitrogens with one attached hydrogen (secondary N) is 1. The lowest BCUT2D eigenvalue weighted by Gasteiger charge is -2.12. The summed E-state index contributed by atoms with van der Waals surface area (Å²) < 4.78 is 10.2. The first kappa shape index (κ1) is 14.3. The van der Waals surface area contributed by atoms with Crippen molar-refractivity contribution in [3.8, 4) is 11.5 Å². The first-order valence-corrected chi connectivity index (χ1v) is 5.56. The predicted octanol–water partition coefficient (Wildman–Crippen LogP) is 2.27. The number of ether oxygens (including phenoxy) is 2. The number of carbonyl (C=O) groups is 2. The fourth-order valence-electron chi connectivity index (χ4n) is 1.37. The summed E-state index contributed by atoms with van der Waals surface area (Å²) in [6.45, 7) is 1.34. The van der Waals surface area contributed by atoms with Crippen LogP contribution in [-0.4, -0.2) is 25.9 Å². The van der Waals surface area contributed by atoms with Gasteiger partial charge in [-0.25, -0.2) is 0 Å². The molecule has 0 atom stereocenters. The molecule has 18 heavy (non-hydrogen) atoms. The maximum atomic E-state index is 11.5. The van der Waals surface area contributed by atoms with E-state index in [1.165, 1.54) is 27.2 Å². The van der Waals surface area contributed by atoms with E-state index < -0.39 is 5.91 Å². The van der Waals surface area contributed by atoms with Gasteiger partial charge in [0.25, 0.3) is 0 Å². The van der Waals surface area contributed by atoms with E-state index in [9.17, 15) is 9.59 Å². The fourth-order valence-corrected chi connectivity index (χ4v) is 1.57. The molecular formula is C12H14ClNO4. The van der Waals surface area contributed by atoms with Gasteiger partial charge in [0.15, 0.2) is 11.5 Å². The van der Waals surface area contributed by atoms with Crippen molar-refractivity contribution < 1.29 is 19.1 Å². The van der Waals surface area contributed by atoms with E-state index in [0.717, 1.165) is 0 Å². The molecule has 1 aromatic rings. The Bertz CT molecular complexity index is 473. The summed E-state index contributed by atoms with van der Waals surface area (Å²) in [5.74, 6) is 0.271. The first-order valence-electron chi connectivity index (χ1n) is 5.18. The van der Waals surface area contributed by atoms with E-state index in [2.05, 4.69) is 5.32 Å². The van der Waals surface area contributed by atoms with Crippen LogP contribution < -0.4 is 14.8 Å². The quantitative estimate of drug-likeness (QED) is 0.835. The largest absolute Gasteiger partial charge is 0.493 e. The second kappa shape index (κ2) is 6.26. The Morgan fingerprint density at radius 1 is 1.22 bits per heavy atom. The van der Waals surface area contributed by atoms with E-state index in [4.69, 9.17) is 21.1 Å². The molecule has 0 aliphatic rings. The number of ketones is 1. The molecule has 0 aromatic heterocycles. The number of methoxy groups -OCH3 is 2. The van der Waals surface area contributed by atoms with Crippen LogP contribution in [0.4, 0.5) is 5.69 Å². The molecule has 0 fully saturated rings. The van der Waals surface area contributed by atoms with Crippen molar-refractivity contribution in [2.75, 3.05) is 19.5 Å². The third kappa shape index (κ3) is 3.63. The lowest BCUT2D eigenvalue weighted by atomic mass is 10.2. The monoisotopic (exact) mass is 271 g/mol. The normalized spacial score (nSPS) is 9.78. The molecule has 1 N–H and O–H groups in total. The van der Waals surface area contributed by atoms with Crippen molar-refractivity contribution in [3.05, 3.63) is 17.2 Å². The molecule has 0 heterocycles. The van der Waals surface area contributed by atoms with Gasteiger partial charge in [-0.2, -0.15) is 0 Å². The molecule has 0 aliphatic carbocycles. The number of Topliss-reactive ketones (excluding diaryl/α,β-unsaturated/α-hetero) is 1. The summed E-state index contributed by atoms with van der Waals surface area (Å²) in [6.07, 6.45) is -0.190. The lowest BCUT2D eigenvalue weighted by Crippen LogP contribution is -2.15. The van der Waals surface area contributed by atoms with Gasteiger partial charge in [-0.15, -0.1) is 0 Å². The zero-order chi connectivity index (χ0) is 13.7. The van der Waals surface area contributed by atoms with Gasteiger partial charge in [-0.3, -0.25) is 9.59 Å². The highest BCUT2D eigenvalue weighted by Crippen LogP contribution is 2.35. The van der Waals surface area contributed by atoms with Crippen molar-refractivity contribution >= 4 is 29.0 Å². The predicted molar refractivity (Wildman–Crippen MR) is 68.5 cm³/mol. The zero-order valence-corrected chi connectivity index (χ0v) is 11.1. The molecule has 0 saturated carbocycles. The van der Waals surface area contributed by atoms with Crippen molar-refractivity contribution in [3.63, 3.8) is 0 Å². The first-order chi connectivity index (χ1) is 8.47. The number of halogens is 1. The van der Waals surface area contributed by atoms with Gasteiger partial charge < -0.3 is 14.8 Å². The third-order valence-corrected chi connectivity index (χ3v) is 2.47. The highest BCUT2D eigenvalue weighted by Gasteiger charge is 2.13. The van der Waals surface area contributed by atoms with Crippen molar-refractivity contribution in [2.24, 2.45) is 0 Å². The molecule has 6 heteroatoms. The van der Waals surface area contributed by atoms with Gasteiger partial charge in [0, 0.05) is 12.1 Å². The summed E-state index contributed by atoms with van der Waals surface area (Å²) >= 11 is 5.98. The van der Waals surface area contributed by atoms with E-state index in [0.29, 0.717) is 22.2 Å². The molecule has 0 aliphatic heterocycles. The molecular weight excluding hydrogens is 258 g/mol. The number of hydrogen-bond acceptors (Lipinski definition) is 4. The van der Waals surface area contributed by atoms with Crippen molar-refractivity contribution in [1.82, 2.24) is 0 Å². The Morgan fingerprint density at radius 2 is 1.78 bits per heavy atom. The fraction of sp³-hybridized carbons (Fsp3) is 0.333. The molecule has 0 unspecified atom stereocenters. The van der Waals surface area contributed by atoms with Gasteiger partial charge >= 0.3 is 0 Å². The van der Waals surface area contributed by atoms with Gasteiger partial charge in [-0.05, 0) is 6.92 Å². The van der Waals surface area contributed by atoms with Crippen LogP contribution in [0.5, 0.6) is 11.5 Å². The molecule has 0 saturated heterocycles. The van der Waals surface area contributed by atoms with Gasteiger partial charge in [0.2, 0.25) is 5.91 Å². The minimum atomic E-state index is -0.420. The minimum absolute atomic E-state index is 0.190. The van der Waals surface area contributed by atoms with Crippen LogP contribution in [-0.2, 0) is 9.59 Å². The summed E-state index contributed by atoms with van der Waals surface area (Å²) in [6, 6.07) is 3.07. The van der Waals surface area contributed by atoms with Crippen LogP contribution in [0.3, 0.4) is 0 Å². The maximum Gasteiger partial charge on any atom is 0.231 e. The highest BCUT2D eigenvalue weighted by atomic mass is 35.5. The summed E-state index contributed by atoms with van der Waals surface area (Å²) in [7, 11) is 2.97. The second-order valence-electron chi connectivity index (χ2n) is 3.61. The van der Waals surface area contributed by atoms with E-state index in [1.807, 2.05) is 0 Å². The van der Waals surface area contributed by atoms with E-state index >= 15 is 0 Å². The molecule has 1 amide bonds. The molecule has 0 radical (unpaired) electrons. The van der Waals surface area contributed by atoms with Gasteiger partial charge in [0.1, 0.15) is 5.78 Å². The van der Waals surface area contributed by atoms with Crippen LogP contribution in [0.15, 0.2) is 12.1 Å². The summed E-state index contributed by atoms with van der Waals surface area (Å²) in [4.78, 5) is 22.3. The molecule has 0 bridgehead atoms. The van der Waals surface area contributed by atoms with E-state index in [-0.39, 0.29) is 12.2 Å². The van der Waals surface area contributed by atoms with Crippen LogP contribution >= 0.6 is 11.6 Å². The van der Waals surface area contributed by atoms with Crippen molar-refractivity contribution in [2.45, 2.75) is 13.3 Å². The Kier molecular flexibility index (Phi) is 4.97. The summed E-state index contributed by atoms with van der Waals surface area (Å²) in [5.41, 5.74) is 0.376. The van der Waals surface area contributed by atoms with E-state index in [1.54, 1.807) is 6.07 Å². The highest BCUT2D eigenvalue weighted by molar-refractivity contribution is 6.34. The second-order valence-corrected chi connectivity index (χ2v) is 4.02. The average molecular weight is 272 g/mol. The Labute approximate surface area is 110 Å². The number of anilines is 1. The zero-order valence-electron chi connectivity index (χ0n) is 10.4. The average Bonchev–Trinajstić information content (AvgIpc) is 2.30. The molecule has 98 valence electrons. The van der Waals surface area contributed by atoms with Gasteiger partial charge in [0.05, 0.1) is 31.4 Å². The number of hydrogen-bond donors (Lipinski definition) is 1. The van der Waals surface area contributed by atoms with Crippen LogP contribution in [0.1, 0.15) is 13.3 Å². The Hall–Kier alpha value is -1.75. The van der Waals surface area contributed by atoms with Crippen LogP contribution in [0, 0.1) is 0 Å². The molecule has 0 spiro atoms. The molecule has 1 rings (SSSR count). The summed E-state index contributed by atoms with van der Waals surface area (Å²) in [5, 5.41) is 2.85. The smallest absolute Gasteiger partial charge is 0.231 e. The standard InChI is InChI=1S/C12H14ClNO4/c1-7(15)4-12(16)14-9-6-11(18-3)10(17-2)5-8(9)13/h5-6H,4H2,1-3H3,(H,14,16). The maximum absolute atomic E-state index is 11.5. The minimum Gasteiger partial charge on any atom is -0.493 e. The van der Waals surface area contributed by atoms with Gasteiger partial charge in [-0.1, -0.05) is 11.6 Å². The van der Waals surface area contributed by atoms with Crippen molar-refractivity contribution in [1.29, 1.82) is 0 Å². The third-order valence-electron chi connectivity index (χ3n) is 2.16. The molecule has 1 aromatic carbocycles. The topological polar surface area (TPSA) is 64.6 Å².